The number of methoxy groups -OCH3 is 1. The fourth-order valence-corrected chi connectivity index (χ4v) is 1.03. The van der Waals surface area contributed by atoms with Crippen LogP contribution in [0.5, 0.6) is 0 Å². The first-order chi connectivity index (χ1) is 5.65. The fraction of sp³-hybridized carbons (Fsp3) is 0.714. The molecular weight excluding hydrogens is 160 g/mol. The first-order valence-electron chi connectivity index (χ1n) is 3.75. The van der Waals surface area contributed by atoms with Crippen LogP contribution in [0.1, 0.15) is 6.42 Å². The second-order valence-electron chi connectivity index (χ2n) is 2.74. The number of ether oxygens (including phenoxy) is 1. The summed E-state index contributed by atoms with van der Waals surface area (Å²) in [5.41, 5.74) is 5.03. The number of nitrogens with zero attached hydrogens (tertiary/aromatic N) is 1. The van der Waals surface area contributed by atoms with Crippen LogP contribution in [0.15, 0.2) is 0 Å². The molecule has 2 N–H and O–H groups in total. The number of nitrogens with two attached hydrogens (primary N) is 1. The topological polar surface area (TPSA) is 72.4 Å². The van der Waals surface area contributed by atoms with E-state index in [1.165, 1.54) is 7.11 Å². The maximum absolute atomic E-state index is 10.7. The van der Waals surface area contributed by atoms with Gasteiger partial charge in [-0.15, -0.1) is 0 Å². The zero-order chi connectivity index (χ0) is 9.14. The predicted octanol–water partition coefficient (Wildman–Crippen LogP) is -1.28. The van der Waals surface area contributed by atoms with Gasteiger partial charge in [0.1, 0.15) is 6.04 Å². The first kappa shape index (κ1) is 8.99. The first-order valence-corrected chi connectivity index (χ1v) is 3.75. The Bertz CT molecular complexity index is 205. The standard InChI is InChI=1S/C7H12N2O3/c1-12-6(10)2-3-9-4-5(9)7(8)11/h5H,2-4H2,1H3,(H2,8,11). The van der Waals surface area contributed by atoms with E-state index < -0.39 is 0 Å². The monoisotopic (exact) mass is 172 g/mol. The van der Waals surface area contributed by atoms with Crippen LogP contribution in [0, 0.1) is 0 Å². The summed E-state index contributed by atoms with van der Waals surface area (Å²) in [4.78, 5) is 23.0. The highest BCUT2D eigenvalue weighted by Gasteiger charge is 2.38. The Morgan fingerprint density at radius 1 is 1.67 bits per heavy atom. The maximum Gasteiger partial charge on any atom is 0.306 e. The third-order valence-corrected chi connectivity index (χ3v) is 1.87. The molecule has 1 rings (SSSR count). The molecule has 12 heavy (non-hydrogen) atoms. The van der Waals surface area contributed by atoms with Crippen LogP contribution in [-0.2, 0) is 14.3 Å². The molecule has 2 atom stereocenters. The molecule has 1 saturated heterocycles. The highest BCUT2D eigenvalue weighted by molar-refractivity contribution is 5.83. The lowest BCUT2D eigenvalue weighted by molar-refractivity contribution is -0.140. The molecule has 1 amide bonds. The van der Waals surface area contributed by atoms with Gasteiger partial charge in [-0.3, -0.25) is 14.5 Å². The van der Waals surface area contributed by atoms with E-state index in [4.69, 9.17) is 5.73 Å². The number of amides is 1. The van der Waals surface area contributed by atoms with Crippen LogP contribution >= 0.6 is 0 Å². The summed E-state index contributed by atoms with van der Waals surface area (Å²) in [5, 5.41) is 0. The van der Waals surface area contributed by atoms with Crippen molar-refractivity contribution in [2.45, 2.75) is 12.5 Å². The van der Waals surface area contributed by atoms with Gasteiger partial charge in [-0.1, -0.05) is 0 Å². The highest BCUT2D eigenvalue weighted by atomic mass is 16.5. The van der Waals surface area contributed by atoms with Gasteiger partial charge in [0.2, 0.25) is 5.91 Å². The molecule has 5 heteroatoms. The van der Waals surface area contributed by atoms with Crippen molar-refractivity contribution >= 4 is 11.9 Å². The Morgan fingerprint density at radius 2 is 2.33 bits per heavy atom. The van der Waals surface area contributed by atoms with Gasteiger partial charge in [0, 0.05) is 13.1 Å². The van der Waals surface area contributed by atoms with E-state index >= 15 is 0 Å². The lowest BCUT2D eigenvalue weighted by Crippen LogP contribution is -2.22. The molecule has 0 aromatic heterocycles. The lowest BCUT2D eigenvalue weighted by atomic mass is 10.4. The molecule has 0 aliphatic carbocycles. The molecule has 1 aliphatic rings. The van der Waals surface area contributed by atoms with Crippen molar-refractivity contribution in [2.75, 3.05) is 20.2 Å². The second kappa shape index (κ2) is 3.53. The summed E-state index contributed by atoms with van der Waals surface area (Å²) in [5.74, 6) is -0.579. The van der Waals surface area contributed by atoms with Gasteiger partial charge in [0.25, 0.3) is 0 Å². The molecule has 2 unspecified atom stereocenters. The number of carbonyl (C=O) groups is 2. The Labute approximate surface area is 70.5 Å². The zero-order valence-electron chi connectivity index (χ0n) is 6.95. The summed E-state index contributed by atoms with van der Waals surface area (Å²) >= 11 is 0. The number of rotatable bonds is 4. The van der Waals surface area contributed by atoms with E-state index in [9.17, 15) is 9.59 Å². The lowest BCUT2D eigenvalue weighted by Gasteiger charge is -1.99. The normalized spacial score (nSPS) is 26.4. The number of hydrogen-bond acceptors (Lipinski definition) is 4. The van der Waals surface area contributed by atoms with E-state index in [-0.39, 0.29) is 17.9 Å². The maximum atomic E-state index is 10.7. The van der Waals surface area contributed by atoms with E-state index in [0.29, 0.717) is 19.5 Å². The summed E-state index contributed by atoms with van der Waals surface area (Å²) in [6.45, 7) is 1.23. The zero-order valence-corrected chi connectivity index (χ0v) is 6.95. The van der Waals surface area contributed by atoms with E-state index in [0.717, 1.165) is 0 Å². The number of hydrogen-bond donors (Lipinski definition) is 1. The summed E-state index contributed by atoms with van der Waals surface area (Å²) in [6.07, 6.45) is 0.320. The average molecular weight is 172 g/mol. The van der Waals surface area contributed by atoms with Crippen LogP contribution in [0.2, 0.25) is 0 Å². The van der Waals surface area contributed by atoms with Crippen molar-refractivity contribution in [1.29, 1.82) is 0 Å². The molecule has 0 aromatic rings. The van der Waals surface area contributed by atoms with Crippen molar-refractivity contribution in [2.24, 2.45) is 5.73 Å². The fourth-order valence-electron chi connectivity index (χ4n) is 1.03. The third kappa shape index (κ3) is 2.20. The van der Waals surface area contributed by atoms with Gasteiger partial charge in [-0.2, -0.15) is 0 Å². The largest absolute Gasteiger partial charge is 0.469 e. The SMILES string of the molecule is COC(=O)CCN1CC1C(N)=O. The van der Waals surface area contributed by atoms with E-state index in [1.54, 1.807) is 0 Å². The molecule has 0 aromatic carbocycles. The molecule has 68 valence electrons. The van der Waals surface area contributed by atoms with Gasteiger partial charge in [-0.05, 0) is 0 Å². The summed E-state index contributed by atoms with van der Waals surface area (Å²) < 4.78 is 4.44. The van der Waals surface area contributed by atoms with Gasteiger partial charge >= 0.3 is 5.97 Å². The smallest absolute Gasteiger partial charge is 0.306 e. The van der Waals surface area contributed by atoms with Crippen LogP contribution < -0.4 is 5.73 Å². The quantitative estimate of drug-likeness (QED) is 0.423. The van der Waals surface area contributed by atoms with Crippen molar-refractivity contribution in [3.8, 4) is 0 Å². The summed E-state index contributed by atoms with van der Waals surface area (Å²) in [7, 11) is 1.34. The minimum atomic E-state index is -0.320. The Morgan fingerprint density at radius 3 is 2.75 bits per heavy atom. The molecule has 0 bridgehead atoms. The average Bonchev–Trinajstić information content (AvgIpc) is 2.79. The number of carbonyl (C=O) groups excluding carboxylic acids is 2. The highest BCUT2D eigenvalue weighted by Crippen LogP contribution is 2.16. The van der Waals surface area contributed by atoms with Crippen LogP contribution in [0.25, 0.3) is 0 Å². The molecule has 1 fully saturated rings. The van der Waals surface area contributed by atoms with E-state index in [1.807, 2.05) is 4.90 Å². The molecule has 1 aliphatic heterocycles. The summed E-state index contributed by atoms with van der Waals surface area (Å²) in [6, 6.07) is -0.158. The molecule has 5 nitrogen and oxygen atoms in total. The molecular formula is C7H12N2O3. The van der Waals surface area contributed by atoms with Gasteiger partial charge < -0.3 is 10.5 Å². The number of primary amides is 1. The Hall–Kier alpha value is -1.10. The molecule has 0 radical (unpaired) electrons. The van der Waals surface area contributed by atoms with Crippen LogP contribution in [0.4, 0.5) is 0 Å². The van der Waals surface area contributed by atoms with E-state index in [2.05, 4.69) is 4.74 Å². The van der Waals surface area contributed by atoms with Crippen molar-refractivity contribution in [1.82, 2.24) is 4.90 Å². The minimum Gasteiger partial charge on any atom is -0.469 e. The molecule has 0 spiro atoms. The van der Waals surface area contributed by atoms with Gasteiger partial charge in [0.05, 0.1) is 13.5 Å². The minimum absolute atomic E-state index is 0.158. The number of esters is 1. The molecule has 0 saturated carbocycles. The third-order valence-electron chi connectivity index (χ3n) is 1.87. The van der Waals surface area contributed by atoms with Crippen LogP contribution in [-0.4, -0.2) is 43.0 Å². The van der Waals surface area contributed by atoms with Crippen molar-refractivity contribution in [3.05, 3.63) is 0 Å². The Balaban J connectivity index is 2.12. The van der Waals surface area contributed by atoms with Crippen molar-refractivity contribution < 1.29 is 14.3 Å². The van der Waals surface area contributed by atoms with Gasteiger partial charge in [0.15, 0.2) is 0 Å². The van der Waals surface area contributed by atoms with Crippen LogP contribution in [0.3, 0.4) is 0 Å². The predicted molar refractivity (Wildman–Crippen MR) is 41.2 cm³/mol. The Kier molecular flexibility index (Phi) is 2.65. The van der Waals surface area contributed by atoms with Crippen molar-refractivity contribution in [3.63, 3.8) is 0 Å². The molecule has 1 heterocycles. The van der Waals surface area contributed by atoms with Gasteiger partial charge in [-0.25, -0.2) is 0 Å². The second-order valence-corrected chi connectivity index (χ2v) is 2.74.